The predicted molar refractivity (Wildman–Crippen MR) is 219 cm³/mol. The Balaban J connectivity index is 1.94. The molecule has 7 heteroatoms. The fourth-order valence-corrected chi connectivity index (χ4v) is 17.3. The van der Waals surface area contributed by atoms with E-state index in [1.807, 2.05) is 6.08 Å². The predicted octanol–water partition coefficient (Wildman–Crippen LogP) is 10.2. The molecule has 2 fully saturated rings. The lowest BCUT2D eigenvalue weighted by atomic mass is 9.49. The minimum Gasteiger partial charge on any atom is -0.407 e. The first kappa shape index (κ1) is 38.4. The molecule has 0 bridgehead atoms. The third kappa shape index (κ3) is 7.40. The van der Waals surface area contributed by atoms with E-state index in [2.05, 4.69) is 173 Å². The highest BCUT2D eigenvalue weighted by molar-refractivity contribution is 14.1. The summed E-state index contributed by atoms with van der Waals surface area (Å²) in [5, 5.41) is 13.0. The Kier molecular flexibility index (Phi) is 13.5. The van der Waals surface area contributed by atoms with E-state index in [0.29, 0.717) is 6.61 Å². The van der Waals surface area contributed by atoms with Crippen LogP contribution in [0.3, 0.4) is 0 Å². The Labute approximate surface area is 314 Å². The Bertz CT molecular complexity index is 1490. The van der Waals surface area contributed by atoms with Gasteiger partial charge in [-0.25, -0.2) is 0 Å². The molecule has 0 heterocycles. The molecule has 1 spiro atoms. The van der Waals surface area contributed by atoms with Crippen molar-refractivity contribution >= 4 is 72.2 Å². The maximum absolute atomic E-state index is 10.5. The summed E-state index contributed by atoms with van der Waals surface area (Å²) in [6, 6.07) is 27.5. The van der Waals surface area contributed by atoms with Crippen LogP contribution in [0.1, 0.15) is 80.1 Å². The van der Waals surface area contributed by atoms with Gasteiger partial charge in [-0.05, 0) is 85.0 Å². The summed E-state index contributed by atoms with van der Waals surface area (Å²) >= 11 is 4.38. The van der Waals surface area contributed by atoms with Crippen LogP contribution in [0.5, 0.6) is 0 Å². The molecule has 1 unspecified atom stereocenters. The summed E-state index contributed by atoms with van der Waals surface area (Å²) in [5.41, 5.74) is -0.0529. The molecule has 2 aliphatic carbocycles. The van der Waals surface area contributed by atoms with Crippen molar-refractivity contribution in [2.75, 3.05) is 6.61 Å². The Hall–Kier alpha value is -1.40. The normalized spacial score (nSPS) is 25.7. The van der Waals surface area contributed by atoms with Gasteiger partial charge in [-0.3, -0.25) is 0 Å². The minimum absolute atomic E-state index is 0.112. The van der Waals surface area contributed by atoms with Crippen molar-refractivity contribution in [1.82, 2.24) is 0 Å². The molecule has 47 heavy (non-hydrogen) atoms. The first-order valence-electron chi connectivity index (χ1n) is 17.4. The zero-order chi connectivity index (χ0) is 34.2. The van der Waals surface area contributed by atoms with Crippen LogP contribution in [0.15, 0.2) is 72.3 Å². The van der Waals surface area contributed by atoms with E-state index in [4.69, 9.17) is 8.85 Å². The molecule has 0 N–H and O–H groups in total. The quantitative estimate of drug-likeness (QED) is 0.103. The van der Waals surface area contributed by atoms with E-state index < -0.39 is 22.2 Å². The van der Waals surface area contributed by atoms with Crippen LogP contribution < -0.4 is 10.4 Å². The van der Waals surface area contributed by atoms with Gasteiger partial charge < -0.3 is 8.85 Å². The first-order chi connectivity index (χ1) is 22.6. The molecule has 250 valence electrons. The number of nitriles is 1. The molecule has 3 nitrogen and oxygen atoms in total. The lowest BCUT2D eigenvalue weighted by Crippen LogP contribution is -2.67. The minimum atomic E-state index is -2.78. The molecule has 0 aromatic heterocycles. The van der Waals surface area contributed by atoms with Gasteiger partial charge in [0.25, 0.3) is 8.32 Å². The average molecular weight is 888 g/mol. The number of hydrogen-bond acceptors (Lipinski definition) is 3. The number of benzene rings is 2. The van der Waals surface area contributed by atoms with Crippen molar-refractivity contribution in [3.05, 3.63) is 72.3 Å². The van der Waals surface area contributed by atoms with Gasteiger partial charge in [0.15, 0.2) is 8.32 Å². The largest absolute Gasteiger partial charge is 0.407 e. The van der Waals surface area contributed by atoms with E-state index in [9.17, 15) is 5.26 Å². The smallest absolute Gasteiger partial charge is 0.261 e. The highest BCUT2D eigenvalue weighted by Gasteiger charge is 2.60. The topological polar surface area (TPSA) is 42.2 Å². The standard InChI is InChI=1S/C40H51I2NO2Si2/c1-7-46(8-2,9-3)45-39(28-30-42)26-17-27-40(37(39)25-31-43)33(24-29-41)18-16-19-34(40)32-44-47(38(4,5)6,35-20-12-10-13-21-35)36-22-14-11-15-23-36/h10-15,20-23,25,33-34H,7-9,16-19,26-27,32H2,1-6H3/b37-25+/t33-,34?,39+,40+/m0/s1. The van der Waals surface area contributed by atoms with Crippen molar-refractivity contribution in [3.8, 4) is 25.8 Å². The van der Waals surface area contributed by atoms with E-state index in [0.717, 1.165) is 62.2 Å². The van der Waals surface area contributed by atoms with Gasteiger partial charge in [0.1, 0.15) is 5.60 Å². The molecule has 2 aromatic carbocycles. The van der Waals surface area contributed by atoms with Crippen LogP contribution >= 0.6 is 45.2 Å². The van der Waals surface area contributed by atoms with Gasteiger partial charge >= 0.3 is 0 Å². The summed E-state index contributed by atoms with van der Waals surface area (Å²) < 4.78 is 21.8. The molecule has 4 rings (SSSR count). The highest BCUT2D eigenvalue weighted by atomic mass is 127. The molecule has 0 amide bonds. The second kappa shape index (κ2) is 16.5. The Morgan fingerprint density at radius 1 is 0.872 bits per heavy atom. The van der Waals surface area contributed by atoms with Crippen LogP contribution in [-0.2, 0) is 8.85 Å². The van der Waals surface area contributed by atoms with Crippen molar-refractivity contribution in [2.45, 2.75) is 109 Å². The summed E-state index contributed by atoms with van der Waals surface area (Å²) in [6.45, 7) is 14.5. The first-order valence-corrected chi connectivity index (χ1v) is 24.0. The molecular weight excluding hydrogens is 836 g/mol. The summed E-state index contributed by atoms with van der Waals surface area (Å²) in [6.07, 6.45) is 7.76. The second-order valence-corrected chi connectivity index (χ2v) is 24.4. The third-order valence-electron chi connectivity index (χ3n) is 11.4. The fourth-order valence-electron chi connectivity index (χ4n) is 8.90. The maximum Gasteiger partial charge on any atom is 0.261 e. The van der Waals surface area contributed by atoms with Crippen LogP contribution in [0, 0.1) is 48.3 Å². The lowest BCUT2D eigenvalue weighted by Gasteiger charge is -2.58. The van der Waals surface area contributed by atoms with Crippen molar-refractivity contribution < 1.29 is 8.85 Å². The monoisotopic (exact) mass is 887 g/mol. The molecule has 2 aliphatic rings. The van der Waals surface area contributed by atoms with Crippen LogP contribution in [0.25, 0.3) is 0 Å². The molecule has 4 atom stereocenters. The van der Waals surface area contributed by atoms with Gasteiger partial charge in [0.2, 0.25) is 0 Å². The Morgan fingerprint density at radius 3 is 1.96 bits per heavy atom. The number of hydrogen-bond donors (Lipinski definition) is 0. The number of rotatable bonds is 10. The average Bonchev–Trinajstić information content (AvgIpc) is 3.08. The zero-order valence-corrected chi connectivity index (χ0v) is 35.4. The van der Waals surface area contributed by atoms with Gasteiger partial charge in [-0.15, -0.1) is 0 Å². The highest BCUT2D eigenvalue weighted by Crippen LogP contribution is 2.61. The fraction of sp³-hybridized carbons (Fsp3) is 0.525. The van der Waals surface area contributed by atoms with E-state index in [1.165, 1.54) is 10.4 Å². The van der Waals surface area contributed by atoms with Crippen molar-refractivity contribution in [2.24, 2.45) is 17.3 Å². The molecular formula is C40H51I2NO2Si2. The van der Waals surface area contributed by atoms with E-state index in [-0.39, 0.29) is 22.3 Å². The van der Waals surface area contributed by atoms with Gasteiger partial charge in [-0.2, -0.15) is 5.26 Å². The number of halogens is 2. The zero-order valence-electron chi connectivity index (χ0n) is 29.1. The molecule has 0 radical (unpaired) electrons. The van der Waals surface area contributed by atoms with Gasteiger partial charge in [-0.1, -0.05) is 120 Å². The van der Waals surface area contributed by atoms with Crippen molar-refractivity contribution in [1.29, 1.82) is 5.26 Å². The van der Waals surface area contributed by atoms with Gasteiger partial charge in [0.05, 0.1) is 6.07 Å². The lowest BCUT2D eigenvalue weighted by molar-refractivity contribution is -0.0181. The van der Waals surface area contributed by atoms with Crippen LogP contribution in [-0.4, -0.2) is 28.8 Å². The van der Waals surface area contributed by atoms with Crippen LogP contribution in [0.4, 0.5) is 0 Å². The summed E-state index contributed by atoms with van der Waals surface area (Å²) in [7, 11) is -4.88. The second-order valence-electron chi connectivity index (χ2n) is 14.4. The molecule has 2 saturated carbocycles. The molecule has 0 saturated heterocycles. The van der Waals surface area contributed by atoms with E-state index in [1.54, 1.807) is 0 Å². The number of allylic oxidation sites excluding steroid dienone is 1. The van der Waals surface area contributed by atoms with Crippen LogP contribution in [0.2, 0.25) is 23.2 Å². The van der Waals surface area contributed by atoms with E-state index >= 15 is 0 Å². The maximum atomic E-state index is 10.5. The SMILES string of the molecule is CC[Si](CC)(CC)O[C@@]1(C#CI)CCC[C@]2(/C1=C/C#N)C(CO[Si](c1ccccc1)(c1ccccc1)C(C)(C)C)CCC[C@H]2C#CI. The molecule has 2 aromatic rings. The van der Waals surface area contributed by atoms with Gasteiger partial charge in [0, 0.05) is 69.2 Å². The Morgan fingerprint density at radius 2 is 1.47 bits per heavy atom. The summed E-state index contributed by atoms with van der Waals surface area (Å²) in [4.78, 5) is 0. The third-order valence-corrected chi connectivity index (χ3v) is 21.6. The molecule has 0 aliphatic heterocycles. The number of nitrogens with zero attached hydrogens (tertiary/aromatic N) is 1. The van der Waals surface area contributed by atoms with Crippen molar-refractivity contribution in [3.63, 3.8) is 0 Å². The summed E-state index contributed by atoms with van der Waals surface area (Å²) in [5.74, 6) is 7.62.